The number of aliphatic hydroxyl groups is 1. The first-order valence-electron chi connectivity index (χ1n) is 13.0. The van der Waals surface area contributed by atoms with Crippen LogP contribution in [-0.4, -0.2) is 108 Å². The lowest BCUT2D eigenvalue weighted by Gasteiger charge is -2.52. The van der Waals surface area contributed by atoms with Gasteiger partial charge >= 0.3 is 0 Å². The van der Waals surface area contributed by atoms with Crippen molar-refractivity contribution in [1.29, 1.82) is 0 Å². The minimum Gasteiger partial charge on any atom is -0.507 e. The Morgan fingerprint density at radius 1 is 1.12 bits per heavy atom. The molecule has 0 radical (unpaired) electrons. The number of hydrogen-bond donors (Lipinski definition) is 3. The van der Waals surface area contributed by atoms with E-state index in [0.717, 1.165) is 0 Å². The second-order valence-electron chi connectivity index (χ2n) is 11.9. The number of primary amides is 1. The molecule has 11 nitrogen and oxygen atoms in total. The highest BCUT2D eigenvalue weighted by molar-refractivity contribution is 6.32. The van der Waals surface area contributed by atoms with E-state index in [1.54, 1.807) is 25.1 Å². The van der Waals surface area contributed by atoms with Crippen molar-refractivity contribution >= 4 is 34.7 Å². The first-order valence-corrected chi connectivity index (χ1v) is 13.0. The molecule has 0 bridgehead atoms. The van der Waals surface area contributed by atoms with Gasteiger partial charge in [0.05, 0.1) is 30.6 Å². The molecule has 1 saturated heterocycles. The standard InChI is InChI=1S/C27H32F2N4O7/c1-31(2)15-7-12(8-33-9-26(28,29)10-33)20(34)17-13(15)5-11-6-14-19(32(3)4)22(36)18(25(30)39)24(38)27(14,40)23(37)16(11)21(17)35/h7,11,14,16,18-19,34,40H,5-6,8-10H2,1-4H3,(H2,30,39)/t11-,14-,16?,18?,19-,27-/m0/s1. The number of Topliss-reactive ketones (excluding diaryl/α,β-unsaturated/α-hetero) is 4. The number of benzene rings is 1. The van der Waals surface area contributed by atoms with E-state index in [1.165, 1.54) is 23.9 Å². The highest BCUT2D eigenvalue weighted by atomic mass is 19.3. The summed E-state index contributed by atoms with van der Waals surface area (Å²) in [5.41, 5.74) is 3.62. The number of carbonyl (C=O) groups is 5. The molecule has 6 atom stereocenters. The molecule has 216 valence electrons. The van der Waals surface area contributed by atoms with Crippen molar-refractivity contribution in [2.24, 2.45) is 29.4 Å². The summed E-state index contributed by atoms with van der Waals surface area (Å²) in [6.45, 7) is -1.05. The van der Waals surface area contributed by atoms with E-state index in [1.807, 2.05) is 0 Å². The van der Waals surface area contributed by atoms with E-state index < -0.39 is 89.1 Å². The predicted octanol–water partition coefficient (Wildman–Crippen LogP) is -0.616. The van der Waals surface area contributed by atoms with Gasteiger partial charge in [0.25, 0.3) is 5.92 Å². The van der Waals surface area contributed by atoms with E-state index >= 15 is 0 Å². The quantitative estimate of drug-likeness (QED) is 0.395. The van der Waals surface area contributed by atoms with Crippen molar-refractivity contribution in [3.8, 4) is 5.75 Å². The number of anilines is 1. The van der Waals surface area contributed by atoms with Gasteiger partial charge in [-0.2, -0.15) is 0 Å². The summed E-state index contributed by atoms with van der Waals surface area (Å²) in [5.74, 6) is -14.1. The molecule has 3 fully saturated rings. The van der Waals surface area contributed by atoms with E-state index in [2.05, 4.69) is 0 Å². The molecule has 3 aliphatic carbocycles. The van der Waals surface area contributed by atoms with Crippen molar-refractivity contribution in [3.05, 3.63) is 22.8 Å². The number of nitrogens with zero attached hydrogens (tertiary/aromatic N) is 3. The molecule has 0 spiro atoms. The zero-order chi connectivity index (χ0) is 29.6. The van der Waals surface area contributed by atoms with Crippen molar-refractivity contribution in [3.63, 3.8) is 0 Å². The highest BCUT2D eigenvalue weighted by Gasteiger charge is 2.69. The summed E-state index contributed by atoms with van der Waals surface area (Å²) >= 11 is 0. The van der Waals surface area contributed by atoms with Crippen LogP contribution in [0.25, 0.3) is 0 Å². The minimum atomic E-state index is -2.83. The van der Waals surface area contributed by atoms with Gasteiger partial charge in [-0.1, -0.05) is 0 Å². The molecule has 2 saturated carbocycles. The number of amides is 1. The van der Waals surface area contributed by atoms with E-state index in [-0.39, 0.29) is 30.5 Å². The number of aromatic hydroxyl groups is 1. The lowest BCUT2D eigenvalue weighted by Crippen LogP contribution is -2.74. The van der Waals surface area contributed by atoms with E-state index in [4.69, 9.17) is 5.73 Å². The Balaban J connectivity index is 1.61. The molecule has 1 aromatic rings. The number of likely N-dealkylation sites (tertiary alicyclic amines) is 1. The number of alkyl halides is 2. The lowest BCUT2D eigenvalue weighted by molar-refractivity contribution is -0.181. The monoisotopic (exact) mass is 562 g/mol. The fourth-order valence-electron chi connectivity index (χ4n) is 7.19. The van der Waals surface area contributed by atoms with Crippen LogP contribution >= 0.6 is 0 Å². The topological polar surface area (TPSA) is 162 Å². The second kappa shape index (κ2) is 9.11. The number of halogens is 2. The van der Waals surface area contributed by atoms with Gasteiger partial charge in [-0.05, 0) is 44.5 Å². The SMILES string of the molecule is CN(C)c1cc(CN2CC(F)(F)C2)c(O)c2c1C[C@H]1C[C@H]3[C@H](N(C)C)C(=O)C(C(N)=O)C(=O)[C@@]3(O)C(=O)C1C2=O. The largest absolute Gasteiger partial charge is 0.507 e. The fourth-order valence-corrected chi connectivity index (χ4v) is 7.19. The number of carbonyl (C=O) groups excluding carboxylic acids is 5. The molecule has 1 aromatic carbocycles. The summed E-state index contributed by atoms with van der Waals surface area (Å²) in [4.78, 5) is 71.1. The lowest BCUT2D eigenvalue weighted by atomic mass is 9.52. The molecule has 2 unspecified atom stereocenters. The van der Waals surface area contributed by atoms with Crippen LogP contribution in [0.15, 0.2) is 6.07 Å². The van der Waals surface area contributed by atoms with Crippen molar-refractivity contribution in [2.75, 3.05) is 46.2 Å². The van der Waals surface area contributed by atoms with Gasteiger partial charge < -0.3 is 20.8 Å². The van der Waals surface area contributed by atoms with Crippen LogP contribution in [0, 0.1) is 23.7 Å². The van der Waals surface area contributed by atoms with Crippen LogP contribution in [0.2, 0.25) is 0 Å². The highest BCUT2D eigenvalue weighted by Crippen LogP contribution is 2.52. The van der Waals surface area contributed by atoms with Gasteiger partial charge in [-0.3, -0.25) is 33.8 Å². The Morgan fingerprint density at radius 2 is 1.75 bits per heavy atom. The number of hydrogen-bond acceptors (Lipinski definition) is 10. The third-order valence-corrected chi connectivity index (χ3v) is 8.90. The van der Waals surface area contributed by atoms with Crippen LogP contribution in [0.4, 0.5) is 14.5 Å². The van der Waals surface area contributed by atoms with Gasteiger partial charge in [-0.25, -0.2) is 8.78 Å². The van der Waals surface area contributed by atoms with Crippen LogP contribution in [-0.2, 0) is 32.1 Å². The Kier molecular flexibility index (Phi) is 6.44. The number of phenolic OH excluding ortho intramolecular Hbond substituents is 1. The Labute approximate surface area is 228 Å². The summed E-state index contributed by atoms with van der Waals surface area (Å²) in [6.07, 6.45) is 0.0666. The minimum absolute atomic E-state index is 0.0533. The second-order valence-corrected chi connectivity index (χ2v) is 11.9. The van der Waals surface area contributed by atoms with Crippen LogP contribution in [0.3, 0.4) is 0 Å². The molecule has 4 N–H and O–H groups in total. The predicted molar refractivity (Wildman–Crippen MR) is 136 cm³/mol. The Morgan fingerprint density at radius 3 is 2.27 bits per heavy atom. The molecule has 0 aromatic heterocycles. The van der Waals surface area contributed by atoms with Crippen LogP contribution in [0.5, 0.6) is 5.75 Å². The Bertz CT molecular complexity index is 1350. The normalized spacial score (nSPS) is 33.2. The van der Waals surface area contributed by atoms with Crippen LogP contribution in [0.1, 0.15) is 27.9 Å². The molecule has 1 aliphatic heterocycles. The number of fused-ring (bicyclic) bond motifs is 3. The molecule has 13 heteroatoms. The van der Waals surface area contributed by atoms with Crippen molar-refractivity contribution < 1.29 is 43.0 Å². The van der Waals surface area contributed by atoms with E-state index in [9.17, 15) is 43.0 Å². The first kappa shape index (κ1) is 28.2. The number of nitrogens with two attached hydrogens (primary N) is 1. The smallest absolute Gasteiger partial charge is 0.272 e. The molecular weight excluding hydrogens is 530 g/mol. The maximum absolute atomic E-state index is 14.0. The fraction of sp³-hybridized carbons (Fsp3) is 0.593. The van der Waals surface area contributed by atoms with E-state index in [0.29, 0.717) is 11.3 Å². The molecular formula is C27H32F2N4O7. The number of rotatable bonds is 5. The number of ketones is 4. The maximum Gasteiger partial charge on any atom is 0.272 e. The summed E-state index contributed by atoms with van der Waals surface area (Å²) in [5, 5.41) is 22.9. The van der Waals surface area contributed by atoms with Gasteiger partial charge in [0.1, 0.15) is 5.75 Å². The summed E-state index contributed by atoms with van der Waals surface area (Å²) < 4.78 is 26.9. The average molecular weight is 563 g/mol. The zero-order valence-electron chi connectivity index (χ0n) is 22.6. The number of likely N-dealkylation sites (N-methyl/N-ethyl adjacent to an activating group) is 1. The maximum atomic E-state index is 14.0. The van der Waals surface area contributed by atoms with Gasteiger partial charge in [0.2, 0.25) is 5.91 Å². The first-order chi connectivity index (χ1) is 18.5. The summed E-state index contributed by atoms with van der Waals surface area (Å²) in [6, 6.07) is 0.452. The average Bonchev–Trinajstić information content (AvgIpc) is 2.81. The van der Waals surface area contributed by atoms with Gasteiger partial charge in [-0.15, -0.1) is 0 Å². The van der Waals surface area contributed by atoms with Crippen LogP contribution < -0.4 is 10.6 Å². The third-order valence-electron chi connectivity index (χ3n) is 8.90. The molecule has 40 heavy (non-hydrogen) atoms. The zero-order valence-corrected chi connectivity index (χ0v) is 22.6. The Hall–Kier alpha value is -3.29. The molecule has 5 rings (SSSR count). The molecule has 1 heterocycles. The van der Waals surface area contributed by atoms with Gasteiger partial charge in [0, 0.05) is 37.8 Å². The third kappa shape index (κ3) is 3.89. The number of phenols is 1. The van der Waals surface area contributed by atoms with Crippen molar-refractivity contribution in [1.82, 2.24) is 9.80 Å². The molecule has 1 amide bonds. The summed E-state index contributed by atoms with van der Waals surface area (Å²) in [7, 11) is 6.49. The van der Waals surface area contributed by atoms with Gasteiger partial charge in [0.15, 0.2) is 34.7 Å². The molecule has 4 aliphatic rings. The van der Waals surface area contributed by atoms with Crippen molar-refractivity contribution in [2.45, 2.75) is 37.0 Å².